The Morgan fingerprint density at radius 1 is 1.52 bits per heavy atom. The van der Waals surface area contributed by atoms with E-state index in [1.54, 1.807) is 23.2 Å². The van der Waals surface area contributed by atoms with E-state index in [0.29, 0.717) is 12.5 Å². The Hall–Kier alpha value is -1.36. The van der Waals surface area contributed by atoms with Gasteiger partial charge in [-0.2, -0.15) is 0 Å². The van der Waals surface area contributed by atoms with Gasteiger partial charge in [-0.05, 0) is 37.7 Å². The summed E-state index contributed by atoms with van der Waals surface area (Å²) in [6.45, 7) is 6.59. The van der Waals surface area contributed by atoms with Crippen LogP contribution in [-0.4, -0.2) is 35.0 Å². The van der Waals surface area contributed by atoms with Crippen LogP contribution in [0.3, 0.4) is 0 Å². The number of hydrogen-bond acceptors (Lipinski definition) is 3. The van der Waals surface area contributed by atoms with Crippen LogP contribution in [0, 0.1) is 11.8 Å². The fourth-order valence-electron chi connectivity index (χ4n) is 2.79. The Morgan fingerprint density at radius 3 is 2.86 bits per heavy atom. The summed E-state index contributed by atoms with van der Waals surface area (Å²) in [5.74, 6) is -0.725. The molecule has 2 unspecified atom stereocenters. The second-order valence-corrected chi connectivity index (χ2v) is 6.95. The van der Waals surface area contributed by atoms with Crippen LogP contribution in [-0.2, 0) is 17.6 Å². The van der Waals surface area contributed by atoms with Crippen LogP contribution in [0.25, 0.3) is 0 Å². The monoisotopic (exact) mass is 309 g/mol. The average Bonchev–Trinajstić information content (AvgIpc) is 2.86. The van der Waals surface area contributed by atoms with Gasteiger partial charge >= 0.3 is 5.97 Å². The maximum Gasteiger partial charge on any atom is 0.308 e. The van der Waals surface area contributed by atoms with E-state index in [2.05, 4.69) is 6.92 Å². The average molecular weight is 309 g/mol. The Bertz CT molecular complexity index is 538. The van der Waals surface area contributed by atoms with Crippen molar-refractivity contribution in [3.8, 4) is 0 Å². The number of carbonyl (C=O) groups excluding carboxylic acids is 1. The van der Waals surface area contributed by atoms with Crippen molar-refractivity contribution < 1.29 is 14.7 Å². The first-order valence-electron chi connectivity index (χ1n) is 7.55. The van der Waals surface area contributed by atoms with Crippen molar-refractivity contribution in [3.05, 3.63) is 21.4 Å². The summed E-state index contributed by atoms with van der Waals surface area (Å²) in [4.78, 5) is 26.7. The van der Waals surface area contributed by atoms with Crippen molar-refractivity contribution in [2.45, 2.75) is 40.0 Å². The zero-order chi connectivity index (χ0) is 15.6. The Balaban J connectivity index is 2.17. The van der Waals surface area contributed by atoms with Gasteiger partial charge in [0.05, 0.1) is 11.5 Å². The topological polar surface area (TPSA) is 57.6 Å². The first-order chi connectivity index (χ1) is 9.93. The summed E-state index contributed by atoms with van der Waals surface area (Å²) < 4.78 is 0. The minimum atomic E-state index is -0.859. The van der Waals surface area contributed by atoms with Gasteiger partial charge in [-0.3, -0.25) is 9.59 Å². The van der Waals surface area contributed by atoms with Crippen LogP contribution in [0.4, 0.5) is 0 Å². The van der Waals surface area contributed by atoms with Gasteiger partial charge in [0, 0.05) is 23.3 Å². The predicted molar refractivity (Wildman–Crippen MR) is 83.9 cm³/mol. The van der Waals surface area contributed by atoms with Gasteiger partial charge in [0.25, 0.3) is 5.91 Å². The Morgan fingerprint density at radius 2 is 2.24 bits per heavy atom. The molecular formula is C16H23NO3S. The molecule has 1 aromatic rings. The minimum absolute atomic E-state index is 0.0161. The molecule has 1 aromatic heterocycles. The lowest BCUT2D eigenvalue weighted by molar-refractivity contribution is -0.141. The summed E-state index contributed by atoms with van der Waals surface area (Å²) >= 11 is 1.67. The molecule has 5 heteroatoms. The molecule has 0 aliphatic heterocycles. The minimum Gasteiger partial charge on any atom is -0.481 e. The van der Waals surface area contributed by atoms with Crippen LogP contribution < -0.4 is 0 Å². The highest BCUT2D eigenvalue weighted by molar-refractivity contribution is 7.10. The first kappa shape index (κ1) is 16.0. The fourth-order valence-corrected chi connectivity index (χ4v) is 4.03. The smallest absolute Gasteiger partial charge is 0.308 e. The number of hydrogen-bond donors (Lipinski definition) is 1. The van der Waals surface area contributed by atoms with Crippen LogP contribution >= 0.6 is 11.3 Å². The molecule has 2 rings (SSSR count). The summed E-state index contributed by atoms with van der Waals surface area (Å²) in [5, 5.41) is 11.0. The molecule has 0 aromatic carbocycles. The molecule has 116 valence electrons. The predicted octanol–water partition coefficient (Wildman–Crippen LogP) is 3.06. The van der Waals surface area contributed by atoms with E-state index in [9.17, 15) is 9.59 Å². The number of thiophene rings is 1. The zero-order valence-corrected chi connectivity index (χ0v) is 13.7. The van der Waals surface area contributed by atoms with E-state index >= 15 is 0 Å². The zero-order valence-electron chi connectivity index (χ0n) is 12.9. The standard InChI is InChI=1S/C16H23NO3S/c1-4-17(8-11(3)16(19)20)15(18)13-9-21-14-7-10(2)5-6-12(13)14/h9-11H,4-8H2,1-3H3,(H,19,20). The quantitative estimate of drug-likeness (QED) is 0.909. The summed E-state index contributed by atoms with van der Waals surface area (Å²) in [7, 11) is 0. The van der Waals surface area contributed by atoms with Gasteiger partial charge in [0.2, 0.25) is 0 Å². The molecule has 1 heterocycles. The van der Waals surface area contributed by atoms with Crippen LogP contribution in [0.2, 0.25) is 0 Å². The van der Waals surface area contributed by atoms with Gasteiger partial charge in [0.15, 0.2) is 0 Å². The largest absolute Gasteiger partial charge is 0.481 e. The van der Waals surface area contributed by atoms with Gasteiger partial charge in [-0.1, -0.05) is 13.8 Å². The fraction of sp³-hybridized carbons (Fsp3) is 0.625. The van der Waals surface area contributed by atoms with E-state index < -0.39 is 11.9 Å². The third-order valence-electron chi connectivity index (χ3n) is 4.22. The second-order valence-electron chi connectivity index (χ2n) is 5.98. The Labute approximate surface area is 129 Å². The molecule has 0 saturated heterocycles. The molecule has 1 aliphatic rings. The lowest BCUT2D eigenvalue weighted by atomic mass is 9.88. The maximum absolute atomic E-state index is 12.7. The molecule has 0 fully saturated rings. The van der Waals surface area contributed by atoms with Crippen LogP contribution in [0.15, 0.2) is 5.38 Å². The maximum atomic E-state index is 12.7. The number of nitrogens with zero attached hydrogens (tertiary/aromatic N) is 1. The van der Waals surface area contributed by atoms with Crippen LogP contribution in [0.5, 0.6) is 0 Å². The van der Waals surface area contributed by atoms with E-state index in [4.69, 9.17) is 5.11 Å². The van der Waals surface area contributed by atoms with E-state index in [1.165, 1.54) is 10.4 Å². The molecule has 0 spiro atoms. The summed E-state index contributed by atoms with van der Waals surface area (Å²) in [6, 6.07) is 0. The van der Waals surface area contributed by atoms with Gasteiger partial charge in [-0.25, -0.2) is 0 Å². The normalized spacial score (nSPS) is 18.9. The molecule has 0 radical (unpaired) electrons. The van der Waals surface area contributed by atoms with Crippen molar-refractivity contribution in [2.75, 3.05) is 13.1 Å². The molecule has 0 saturated carbocycles. The highest BCUT2D eigenvalue weighted by Crippen LogP contribution is 2.33. The van der Waals surface area contributed by atoms with E-state index in [0.717, 1.165) is 24.8 Å². The molecule has 0 bridgehead atoms. The molecule has 21 heavy (non-hydrogen) atoms. The summed E-state index contributed by atoms with van der Waals surface area (Å²) in [6.07, 6.45) is 3.15. The molecule has 2 atom stereocenters. The van der Waals surface area contributed by atoms with Crippen molar-refractivity contribution in [2.24, 2.45) is 11.8 Å². The van der Waals surface area contributed by atoms with Crippen molar-refractivity contribution >= 4 is 23.2 Å². The highest BCUT2D eigenvalue weighted by Gasteiger charge is 2.27. The summed E-state index contributed by atoms with van der Waals surface area (Å²) in [5.41, 5.74) is 1.99. The SMILES string of the molecule is CCN(CC(C)C(=O)O)C(=O)c1csc2c1CCC(C)C2. The second kappa shape index (κ2) is 6.60. The number of rotatable bonds is 5. The van der Waals surface area contributed by atoms with E-state index in [-0.39, 0.29) is 12.5 Å². The molecule has 1 N–H and O–H groups in total. The van der Waals surface area contributed by atoms with Crippen molar-refractivity contribution in [3.63, 3.8) is 0 Å². The van der Waals surface area contributed by atoms with Gasteiger partial charge in [0.1, 0.15) is 0 Å². The number of fused-ring (bicyclic) bond motifs is 1. The van der Waals surface area contributed by atoms with Gasteiger partial charge < -0.3 is 10.0 Å². The number of carbonyl (C=O) groups is 2. The first-order valence-corrected chi connectivity index (χ1v) is 8.43. The van der Waals surface area contributed by atoms with E-state index in [1.807, 2.05) is 12.3 Å². The lowest BCUT2D eigenvalue weighted by Crippen LogP contribution is -2.37. The number of amides is 1. The lowest BCUT2D eigenvalue weighted by Gasteiger charge is -2.24. The third kappa shape index (κ3) is 3.46. The number of aliphatic carboxylic acids is 1. The number of carboxylic acid groups (broad SMARTS) is 1. The van der Waals surface area contributed by atoms with Crippen molar-refractivity contribution in [1.82, 2.24) is 4.90 Å². The molecule has 1 amide bonds. The van der Waals surface area contributed by atoms with Crippen LogP contribution in [0.1, 0.15) is 48.0 Å². The Kier molecular flexibility index (Phi) is 5.04. The third-order valence-corrected chi connectivity index (χ3v) is 5.27. The molecule has 4 nitrogen and oxygen atoms in total. The van der Waals surface area contributed by atoms with Gasteiger partial charge in [-0.15, -0.1) is 11.3 Å². The molecular weight excluding hydrogens is 286 g/mol. The van der Waals surface area contributed by atoms with Crippen molar-refractivity contribution in [1.29, 1.82) is 0 Å². The highest BCUT2D eigenvalue weighted by atomic mass is 32.1. The molecule has 1 aliphatic carbocycles. The number of carboxylic acids is 1.